The lowest BCUT2D eigenvalue weighted by Crippen LogP contribution is -1.48. The first kappa shape index (κ1) is 6.69. The van der Waals surface area contributed by atoms with Gasteiger partial charge in [0, 0.05) is 11.1 Å². The summed E-state index contributed by atoms with van der Waals surface area (Å²) in [5.74, 6) is 0. The van der Waals surface area contributed by atoms with E-state index in [0.29, 0.717) is 0 Å². The Hall–Kier alpha value is -0.305. The second-order valence-electron chi connectivity index (χ2n) is 1.11. The van der Waals surface area contributed by atoms with Crippen molar-refractivity contribution in [2.24, 2.45) is 0 Å². The van der Waals surface area contributed by atoms with Gasteiger partial charge in [-0.2, -0.15) is 0 Å². The zero-order valence-electron chi connectivity index (χ0n) is 3.51. The Morgan fingerprint density at radius 3 is 2.57 bits per heavy atom. The van der Waals surface area contributed by atoms with Crippen molar-refractivity contribution in [2.75, 3.05) is 0 Å². The van der Waals surface area contributed by atoms with Crippen molar-refractivity contribution in [1.82, 2.24) is 4.98 Å². The van der Waals surface area contributed by atoms with Crippen molar-refractivity contribution in [1.29, 1.82) is 0 Å². The number of aromatic nitrogens is 1. The van der Waals surface area contributed by atoms with Gasteiger partial charge in [0.05, 0.1) is 13.9 Å². The maximum absolute atomic E-state index is 3.84. The van der Waals surface area contributed by atoms with Crippen LogP contribution in [0.4, 0.5) is 0 Å². The Labute approximate surface area is 49.0 Å². The first-order valence-corrected chi connectivity index (χ1v) is 2.62. The summed E-state index contributed by atoms with van der Waals surface area (Å²) < 4.78 is 0. The van der Waals surface area contributed by atoms with Crippen LogP contribution in [0.5, 0.6) is 0 Å². The molecule has 7 heavy (non-hydrogen) atoms. The van der Waals surface area contributed by atoms with Gasteiger partial charge in [-0.1, -0.05) is 0 Å². The first-order valence-electron chi connectivity index (χ1n) is 1.74. The van der Waals surface area contributed by atoms with Crippen LogP contribution in [-0.2, 0) is 0 Å². The van der Waals surface area contributed by atoms with Crippen LogP contribution in [-0.4, -0.2) is 13.4 Å². The number of thiazole rings is 1. The highest BCUT2D eigenvalue weighted by Gasteiger charge is 1.76. The fourth-order valence-corrected chi connectivity index (χ4v) is 0.689. The largest absolute Gasteiger partial charge is 0.253 e. The van der Waals surface area contributed by atoms with Crippen LogP contribution >= 0.6 is 11.3 Å². The molecule has 0 bridgehead atoms. The van der Waals surface area contributed by atoms with E-state index in [-0.39, 0.29) is 8.41 Å². The van der Waals surface area contributed by atoms with Gasteiger partial charge in [0.15, 0.2) is 0 Å². The summed E-state index contributed by atoms with van der Waals surface area (Å²) in [7, 11) is 0. The number of aryl methyl sites for hydroxylation is 1. The predicted octanol–water partition coefficient (Wildman–Crippen LogP) is 0.268. The average Bonchev–Trinajstić information content (AvgIpc) is 1.86. The van der Waals surface area contributed by atoms with Crippen LogP contribution in [0.3, 0.4) is 0 Å². The Morgan fingerprint density at radius 2 is 2.43 bits per heavy atom. The molecule has 0 saturated heterocycles. The molecule has 1 aromatic heterocycles. The molecule has 0 aromatic carbocycles. The molecular formula is C4H8BNS. The van der Waals surface area contributed by atoms with Crippen molar-refractivity contribution in [3.05, 3.63) is 16.6 Å². The fourth-order valence-electron chi connectivity index (χ4n) is 0.279. The number of rotatable bonds is 0. The number of hydrogen-bond acceptors (Lipinski definition) is 2. The molecule has 0 atom stereocenters. The first-order chi connectivity index (χ1) is 2.89. The van der Waals surface area contributed by atoms with Crippen LogP contribution < -0.4 is 0 Å². The van der Waals surface area contributed by atoms with E-state index in [4.69, 9.17) is 0 Å². The molecule has 0 aliphatic carbocycles. The third kappa shape index (κ3) is 1.73. The fraction of sp³-hybridized carbons (Fsp3) is 0.250. The SMILES string of the molecule is B.Cc1cncs1. The molecule has 38 valence electrons. The van der Waals surface area contributed by atoms with Crippen LogP contribution in [0.25, 0.3) is 0 Å². The lowest BCUT2D eigenvalue weighted by molar-refractivity contribution is 1.39. The molecule has 0 spiro atoms. The van der Waals surface area contributed by atoms with Crippen LogP contribution in [0.1, 0.15) is 4.88 Å². The second kappa shape index (κ2) is 2.80. The molecule has 3 heteroatoms. The average molecular weight is 113 g/mol. The molecule has 0 aliphatic rings. The van der Waals surface area contributed by atoms with Gasteiger partial charge in [-0.3, -0.25) is 4.98 Å². The quantitative estimate of drug-likeness (QED) is 0.440. The van der Waals surface area contributed by atoms with Gasteiger partial charge in [-0.15, -0.1) is 11.3 Å². The van der Waals surface area contributed by atoms with E-state index < -0.39 is 0 Å². The van der Waals surface area contributed by atoms with E-state index in [1.54, 1.807) is 11.3 Å². The summed E-state index contributed by atoms with van der Waals surface area (Å²) in [4.78, 5) is 5.11. The lowest BCUT2D eigenvalue weighted by atomic mass is 10.7. The van der Waals surface area contributed by atoms with Gasteiger partial charge in [0.2, 0.25) is 0 Å². The van der Waals surface area contributed by atoms with Crippen molar-refractivity contribution in [2.45, 2.75) is 6.92 Å². The van der Waals surface area contributed by atoms with Crippen molar-refractivity contribution in [3.63, 3.8) is 0 Å². The summed E-state index contributed by atoms with van der Waals surface area (Å²) in [6.07, 6.45) is 1.85. The van der Waals surface area contributed by atoms with Gasteiger partial charge >= 0.3 is 0 Å². The maximum Gasteiger partial charge on any atom is 0.0814 e. The highest BCUT2D eigenvalue weighted by molar-refractivity contribution is 7.09. The minimum Gasteiger partial charge on any atom is -0.253 e. The summed E-state index contributed by atoms with van der Waals surface area (Å²) in [6.45, 7) is 2.04. The Bertz CT molecular complexity index is 115. The molecular weight excluding hydrogens is 105 g/mol. The Balaban J connectivity index is 0.000000360. The molecule has 1 heterocycles. The predicted molar refractivity (Wildman–Crippen MR) is 36.8 cm³/mol. The van der Waals surface area contributed by atoms with Gasteiger partial charge in [-0.05, 0) is 6.92 Å². The van der Waals surface area contributed by atoms with Gasteiger partial charge in [0.25, 0.3) is 0 Å². The van der Waals surface area contributed by atoms with Crippen molar-refractivity contribution in [3.8, 4) is 0 Å². The number of nitrogens with zero attached hydrogens (tertiary/aromatic N) is 1. The minimum atomic E-state index is 0. The van der Waals surface area contributed by atoms with E-state index in [2.05, 4.69) is 4.98 Å². The molecule has 1 nitrogen and oxygen atoms in total. The van der Waals surface area contributed by atoms with E-state index in [1.807, 2.05) is 18.6 Å². The number of hydrogen-bond donors (Lipinski definition) is 0. The molecule has 0 radical (unpaired) electrons. The zero-order chi connectivity index (χ0) is 4.41. The lowest BCUT2D eigenvalue weighted by Gasteiger charge is -1.63. The third-order valence-electron chi connectivity index (χ3n) is 0.556. The Kier molecular flexibility index (Phi) is 2.68. The van der Waals surface area contributed by atoms with Gasteiger partial charge in [0.1, 0.15) is 0 Å². The topological polar surface area (TPSA) is 12.9 Å². The van der Waals surface area contributed by atoms with Crippen LogP contribution in [0.15, 0.2) is 11.7 Å². The van der Waals surface area contributed by atoms with Gasteiger partial charge < -0.3 is 0 Å². The van der Waals surface area contributed by atoms with Crippen LogP contribution in [0.2, 0.25) is 0 Å². The molecule has 0 fully saturated rings. The summed E-state index contributed by atoms with van der Waals surface area (Å²) in [5, 5.41) is 0. The maximum atomic E-state index is 3.84. The molecule has 0 aliphatic heterocycles. The standard InChI is InChI=1S/C4H5NS.BH3/c1-4-2-5-3-6-4;/h2-3H,1H3;1H3. The zero-order valence-corrected chi connectivity index (χ0v) is 4.33. The second-order valence-corrected chi connectivity index (χ2v) is 2.20. The molecule has 1 aromatic rings. The normalized spacial score (nSPS) is 7.57. The minimum absolute atomic E-state index is 0. The van der Waals surface area contributed by atoms with E-state index in [1.165, 1.54) is 4.88 Å². The van der Waals surface area contributed by atoms with E-state index in [9.17, 15) is 0 Å². The monoisotopic (exact) mass is 113 g/mol. The van der Waals surface area contributed by atoms with Crippen LogP contribution in [0, 0.1) is 6.92 Å². The van der Waals surface area contributed by atoms with E-state index >= 15 is 0 Å². The molecule has 0 unspecified atom stereocenters. The molecule has 0 amide bonds. The van der Waals surface area contributed by atoms with Crippen molar-refractivity contribution < 1.29 is 0 Å². The van der Waals surface area contributed by atoms with Crippen molar-refractivity contribution >= 4 is 19.7 Å². The Morgan fingerprint density at radius 1 is 1.71 bits per heavy atom. The highest BCUT2D eigenvalue weighted by Crippen LogP contribution is 1.99. The summed E-state index contributed by atoms with van der Waals surface area (Å²) in [5.41, 5.74) is 1.83. The van der Waals surface area contributed by atoms with Gasteiger partial charge in [-0.25, -0.2) is 0 Å². The highest BCUT2D eigenvalue weighted by atomic mass is 32.1. The summed E-state index contributed by atoms with van der Waals surface area (Å²) in [6, 6.07) is 0. The molecule has 1 rings (SSSR count). The summed E-state index contributed by atoms with van der Waals surface area (Å²) >= 11 is 1.67. The smallest absolute Gasteiger partial charge is 0.0814 e. The molecule has 0 saturated carbocycles. The van der Waals surface area contributed by atoms with E-state index in [0.717, 1.165) is 0 Å². The molecule has 0 N–H and O–H groups in total. The third-order valence-corrected chi connectivity index (χ3v) is 1.26.